The van der Waals surface area contributed by atoms with Crippen LogP contribution in [0, 0.1) is 5.82 Å². The van der Waals surface area contributed by atoms with Crippen molar-refractivity contribution in [1.82, 2.24) is 0 Å². The van der Waals surface area contributed by atoms with Gasteiger partial charge in [0.25, 0.3) is 0 Å². The monoisotopic (exact) mass is 480 g/mol. The summed E-state index contributed by atoms with van der Waals surface area (Å²) < 4.78 is 30.8. The number of halogens is 1. The summed E-state index contributed by atoms with van der Waals surface area (Å²) in [6.45, 7) is 6.91. The van der Waals surface area contributed by atoms with Gasteiger partial charge in [0.2, 0.25) is 0 Å². The van der Waals surface area contributed by atoms with Crippen molar-refractivity contribution in [2.75, 3.05) is 20.8 Å². The Bertz CT molecular complexity index is 1020. The first-order valence-electron chi connectivity index (χ1n) is 12.3. The fourth-order valence-corrected chi connectivity index (χ4v) is 4.79. The van der Waals surface area contributed by atoms with E-state index >= 15 is 0 Å². The van der Waals surface area contributed by atoms with Gasteiger partial charge in [-0.1, -0.05) is 43.0 Å². The third-order valence-corrected chi connectivity index (χ3v) is 6.67. The van der Waals surface area contributed by atoms with Gasteiger partial charge >= 0.3 is 0 Å². The molecule has 3 rings (SSSR count). The minimum Gasteiger partial charge on any atom is -0.505 e. The lowest BCUT2D eigenvalue weighted by molar-refractivity contribution is -0.107. The summed E-state index contributed by atoms with van der Waals surface area (Å²) in [6.07, 6.45) is 10.00. The van der Waals surface area contributed by atoms with E-state index in [-0.39, 0.29) is 23.9 Å². The summed E-state index contributed by atoms with van der Waals surface area (Å²) in [5.41, 5.74) is 3.96. The van der Waals surface area contributed by atoms with Crippen LogP contribution in [0.2, 0.25) is 0 Å². The molecular formula is C30H37FO4. The van der Waals surface area contributed by atoms with Crippen molar-refractivity contribution in [3.8, 4) is 5.75 Å². The number of aryl methyl sites for hydroxylation is 1. The van der Waals surface area contributed by atoms with Crippen LogP contribution in [0.4, 0.5) is 4.39 Å². The van der Waals surface area contributed by atoms with Crippen LogP contribution in [-0.2, 0) is 20.6 Å². The standard InChI is InChI=1S/C30H37FO4/c1-5-24(35-18-10-9-13-29(33-3)34-4)16-14-21(2)30-25(22-11-7-6-8-12-22)17-15-23-19-28(32)27(31)20-26(23)30/h5-8,11-12,14,16,19-20,25,29-30,32H,2,9-10,13,15,17-18H2,1,3-4H3/b16-14-,24-5+/t25-,30+/m1/s1. The van der Waals surface area contributed by atoms with Crippen LogP contribution in [0.1, 0.15) is 61.1 Å². The molecule has 2 aromatic rings. The van der Waals surface area contributed by atoms with Crippen molar-refractivity contribution in [1.29, 1.82) is 0 Å². The lowest BCUT2D eigenvalue weighted by Crippen LogP contribution is -2.20. The number of unbranched alkanes of at least 4 members (excludes halogenated alkanes) is 1. The number of phenolic OH excluding ortho intramolecular Hbond substituents is 1. The SMILES string of the molecule is C=C(/C=C\C(=C/C)OCCCCC(OC)OC)[C@@H]1c2cc(F)c(O)cc2CC[C@@H]1c1ccccc1. The summed E-state index contributed by atoms with van der Waals surface area (Å²) in [4.78, 5) is 0. The first-order valence-corrected chi connectivity index (χ1v) is 12.3. The van der Waals surface area contributed by atoms with E-state index in [2.05, 4.69) is 18.7 Å². The summed E-state index contributed by atoms with van der Waals surface area (Å²) in [6, 6.07) is 13.3. The van der Waals surface area contributed by atoms with Crippen molar-refractivity contribution < 1.29 is 23.7 Å². The Morgan fingerprint density at radius 2 is 1.89 bits per heavy atom. The number of methoxy groups -OCH3 is 2. The Morgan fingerprint density at radius 1 is 1.14 bits per heavy atom. The summed E-state index contributed by atoms with van der Waals surface area (Å²) in [5.74, 6) is -0.0417. The molecule has 0 aromatic heterocycles. The Kier molecular flexibility index (Phi) is 10.1. The molecule has 0 unspecified atom stereocenters. The maximum atomic E-state index is 14.4. The van der Waals surface area contributed by atoms with Crippen LogP contribution >= 0.6 is 0 Å². The lowest BCUT2D eigenvalue weighted by atomic mass is 9.69. The zero-order valence-electron chi connectivity index (χ0n) is 21.0. The molecule has 1 N–H and O–H groups in total. The number of aromatic hydroxyl groups is 1. The molecule has 4 nitrogen and oxygen atoms in total. The van der Waals surface area contributed by atoms with E-state index in [1.807, 2.05) is 43.4 Å². The molecule has 188 valence electrons. The van der Waals surface area contributed by atoms with Crippen LogP contribution in [0.3, 0.4) is 0 Å². The van der Waals surface area contributed by atoms with Crippen molar-refractivity contribution in [2.24, 2.45) is 0 Å². The van der Waals surface area contributed by atoms with E-state index in [1.165, 1.54) is 11.6 Å². The number of ether oxygens (including phenoxy) is 3. The second kappa shape index (κ2) is 13.3. The fourth-order valence-electron chi connectivity index (χ4n) is 4.79. The lowest BCUT2D eigenvalue weighted by Gasteiger charge is -2.35. The van der Waals surface area contributed by atoms with E-state index in [0.29, 0.717) is 6.61 Å². The molecule has 0 heterocycles. The van der Waals surface area contributed by atoms with E-state index in [0.717, 1.165) is 54.6 Å². The largest absolute Gasteiger partial charge is 0.505 e. The van der Waals surface area contributed by atoms with Crippen LogP contribution in [-0.4, -0.2) is 32.2 Å². The molecule has 0 saturated heterocycles. The zero-order valence-corrected chi connectivity index (χ0v) is 21.0. The van der Waals surface area contributed by atoms with Gasteiger partial charge in [-0.25, -0.2) is 4.39 Å². The summed E-state index contributed by atoms with van der Waals surface area (Å²) >= 11 is 0. The van der Waals surface area contributed by atoms with Crippen molar-refractivity contribution in [3.05, 3.63) is 101 Å². The second-order valence-electron chi connectivity index (χ2n) is 8.88. The Morgan fingerprint density at radius 3 is 2.57 bits per heavy atom. The molecule has 0 radical (unpaired) electrons. The highest BCUT2D eigenvalue weighted by molar-refractivity contribution is 5.48. The molecule has 5 heteroatoms. The number of allylic oxidation sites excluding steroid dienone is 4. The molecule has 35 heavy (non-hydrogen) atoms. The Balaban J connectivity index is 1.72. The number of benzene rings is 2. The van der Waals surface area contributed by atoms with E-state index in [9.17, 15) is 9.50 Å². The highest BCUT2D eigenvalue weighted by Gasteiger charge is 2.32. The van der Waals surface area contributed by atoms with Crippen LogP contribution < -0.4 is 0 Å². The van der Waals surface area contributed by atoms with Gasteiger partial charge in [-0.3, -0.25) is 0 Å². The van der Waals surface area contributed by atoms with Gasteiger partial charge in [0.15, 0.2) is 17.9 Å². The number of phenols is 1. The number of fused-ring (bicyclic) bond motifs is 1. The Hall–Kier alpha value is -2.89. The van der Waals surface area contributed by atoms with Gasteiger partial charge in [-0.15, -0.1) is 0 Å². The first-order chi connectivity index (χ1) is 17.0. The fraction of sp³-hybridized carbons (Fsp3) is 0.400. The van der Waals surface area contributed by atoms with Crippen LogP contribution in [0.15, 0.2) is 78.6 Å². The molecule has 0 fully saturated rings. The van der Waals surface area contributed by atoms with E-state index < -0.39 is 5.82 Å². The van der Waals surface area contributed by atoms with Gasteiger partial charge < -0.3 is 19.3 Å². The maximum Gasteiger partial charge on any atom is 0.165 e. The third kappa shape index (κ3) is 7.06. The van der Waals surface area contributed by atoms with Crippen molar-refractivity contribution >= 4 is 0 Å². The van der Waals surface area contributed by atoms with Gasteiger partial charge in [-0.2, -0.15) is 0 Å². The van der Waals surface area contributed by atoms with Crippen LogP contribution in [0.25, 0.3) is 0 Å². The summed E-state index contributed by atoms with van der Waals surface area (Å²) in [5, 5.41) is 9.92. The van der Waals surface area contributed by atoms with Gasteiger partial charge in [0, 0.05) is 20.1 Å². The predicted octanol–water partition coefficient (Wildman–Crippen LogP) is 7.17. The summed E-state index contributed by atoms with van der Waals surface area (Å²) in [7, 11) is 3.29. The predicted molar refractivity (Wildman–Crippen MR) is 138 cm³/mol. The quantitative estimate of drug-likeness (QED) is 0.151. The van der Waals surface area contributed by atoms with Crippen LogP contribution in [0.5, 0.6) is 5.75 Å². The molecule has 2 atom stereocenters. The number of rotatable bonds is 12. The van der Waals surface area contributed by atoms with Gasteiger partial charge in [0.05, 0.1) is 6.61 Å². The minimum atomic E-state index is -0.596. The van der Waals surface area contributed by atoms with Gasteiger partial charge in [0.1, 0.15) is 5.76 Å². The highest BCUT2D eigenvalue weighted by atomic mass is 19.1. The van der Waals surface area contributed by atoms with E-state index in [4.69, 9.17) is 14.2 Å². The average Bonchev–Trinajstić information content (AvgIpc) is 2.88. The molecule has 2 aromatic carbocycles. The molecule has 0 bridgehead atoms. The van der Waals surface area contributed by atoms with E-state index in [1.54, 1.807) is 20.3 Å². The molecule has 0 saturated carbocycles. The maximum absolute atomic E-state index is 14.4. The molecule has 1 aliphatic rings. The van der Waals surface area contributed by atoms with Crippen molar-refractivity contribution in [3.63, 3.8) is 0 Å². The topological polar surface area (TPSA) is 47.9 Å². The smallest absolute Gasteiger partial charge is 0.165 e. The number of hydrogen-bond donors (Lipinski definition) is 1. The average molecular weight is 481 g/mol. The molecule has 0 amide bonds. The number of hydrogen-bond acceptors (Lipinski definition) is 4. The molecule has 0 spiro atoms. The normalized spacial score (nSPS) is 18.1. The third-order valence-electron chi connectivity index (χ3n) is 6.67. The van der Waals surface area contributed by atoms with Gasteiger partial charge in [-0.05, 0) is 91.5 Å². The molecular weight excluding hydrogens is 443 g/mol. The molecule has 0 aliphatic heterocycles. The zero-order chi connectivity index (χ0) is 25.2. The molecule has 1 aliphatic carbocycles. The first kappa shape index (κ1) is 26.7. The second-order valence-corrected chi connectivity index (χ2v) is 8.88. The Labute approximate surface area is 208 Å². The minimum absolute atomic E-state index is 0.0920. The highest BCUT2D eigenvalue weighted by Crippen LogP contribution is 2.47. The van der Waals surface area contributed by atoms with Crippen molar-refractivity contribution in [2.45, 2.75) is 57.2 Å².